The van der Waals surface area contributed by atoms with E-state index in [1.807, 2.05) is 37.4 Å². The van der Waals surface area contributed by atoms with Crippen LogP contribution in [0.1, 0.15) is 24.9 Å². The van der Waals surface area contributed by atoms with Crippen LogP contribution in [0.3, 0.4) is 0 Å². The molecule has 19 heavy (non-hydrogen) atoms. The first-order chi connectivity index (χ1) is 9.25. The molecule has 0 spiro atoms. The molecule has 0 aliphatic heterocycles. The quantitative estimate of drug-likeness (QED) is 0.862. The van der Waals surface area contributed by atoms with Crippen molar-refractivity contribution in [3.8, 4) is 0 Å². The van der Waals surface area contributed by atoms with Crippen molar-refractivity contribution < 1.29 is 4.79 Å². The minimum atomic E-state index is 0.0685. The van der Waals surface area contributed by atoms with E-state index in [0.717, 1.165) is 6.42 Å². The zero-order valence-corrected chi connectivity index (χ0v) is 11.1. The Hall–Kier alpha value is -2.10. The van der Waals surface area contributed by atoms with Crippen LogP contribution in [0.5, 0.6) is 0 Å². The van der Waals surface area contributed by atoms with Gasteiger partial charge in [-0.25, -0.2) is 0 Å². The van der Waals surface area contributed by atoms with Gasteiger partial charge in [0.2, 0.25) is 5.91 Å². The van der Waals surface area contributed by atoms with E-state index in [4.69, 9.17) is 0 Å². The van der Waals surface area contributed by atoms with Gasteiger partial charge in [-0.05, 0) is 25.0 Å². The van der Waals surface area contributed by atoms with Crippen molar-refractivity contribution in [1.29, 1.82) is 0 Å². The van der Waals surface area contributed by atoms with Gasteiger partial charge in [0.1, 0.15) is 0 Å². The maximum atomic E-state index is 11.8. The number of aromatic nitrogens is 2. The van der Waals surface area contributed by atoms with E-state index >= 15 is 0 Å². The van der Waals surface area contributed by atoms with Gasteiger partial charge < -0.3 is 5.32 Å². The lowest BCUT2D eigenvalue weighted by atomic mass is 10.1. The lowest BCUT2D eigenvalue weighted by Gasteiger charge is -2.12. The Balaban J connectivity index is 1.70. The molecule has 0 saturated carbocycles. The minimum Gasteiger partial charge on any atom is -0.356 e. The maximum absolute atomic E-state index is 11.8. The van der Waals surface area contributed by atoms with Gasteiger partial charge in [0.05, 0.1) is 6.04 Å². The molecule has 1 amide bonds. The Bertz CT molecular complexity index is 493. The molecule has 0 aliphatic carbocycles. The zero-order valence-electron chi connectivity index (χ0n) is 11.1. The highest BCUT2D eigenvalue weighted by molar-refractivity contribution is 5.76. The Morgan fingerprint density at radius 2 is 2.11 bits per heavy atom. The van der Waals surface area contributed by atoms with Gasteiger partial charge in [0.15, 0.2) is 0 Å². The van der Waals surface area contributed by atoms with Gasteiger partial charge in [-0.1, -0.05) is 30.3 Å². The summed E-state index contributed by atoms with van der Waals surface area (Å²) in [4.78, 5) is 11.8. The topological polar surface area (TPSA) is 46.9 Å². The minimum absolute atomic E-state index is 0.0685. The van der Waals surface area contributed by atoms with E-state index in [0.29, 0.717) is 13.0 Å². The number of nitrogens with one attached hydrogen (secondary N) is 1. The van der Waals surface area contributed by atoms with Crippen LogP contribution >= 0.6 is 0 Å². The predicted octanol–water partition coefficient (Wildman–Crippen LogP) is 2.19. The SMILES string of the molecule is C[C@@H](CC(=O)NCCc1ccccc1)n1cccn1. The van der Waals surface area contributed by atoms with Gasteiger partial charge in [-0.2, -0.15) is 5.10 Å². The monoisotopic (exact) mass is 257 g/mol. The molecule has 2 aromatic rings. The molecule has 0 bridgehead atoms. The molecule has 0 radical (unpaired) electrons. The van der Waals surface area contributed by atoms with Crippen LogP contribution in [-0.2, 0) is 11.2 Å². The van der Waals surface area contributed by atoms with Crippen LogP contribution in [0.15, 0.2) is 48.8 Å². The number of rotatable bonds is 6. The normalized spacial score (nSPS) is 12.1. The third kappa shape index (κ3) is 4.25. The highest BCUT2D eigenvalue weighted by Gasteiger charge is 2.10. The standard InChI is InChI=1S/C15H19N3O/c1-13(18-11-5-9-17-18)12-15(19)16-10-8-14-6-3-2-4-7-14/h2-7,9,11,13H,8,10,12H2,1H3,(H,16,19)/t13-/m0/s1. The van der Waals surface area contributed by atoms with Crippen LogP contribution in [0.2, 0.25) is 0 Å². The van der Waals surface area contributed by atoms with Crippen molar-refractivity contribution in [2.24, 2.45) is 0 Å². The average molecular weight is 257 g/mol. The van der Waals surface area contributed by atoms with Gasteiger partial charge in [0.25, 0.3) is 0 Å². The first kappa shape index (κ1) is 13.3. The summed E-state index contributed by atoms with van der Waals surface area (Å²) >= 11 is 0. The second kappa shape index (κ2) is 6.73. The van der Waals surface area contributed by atoms with Crippen molar-refractivity contribution in [2.45, 2.75) is 25.8 Å². The highest BCUT2D eigenvalue weighted by Crippen LogP contribution is 2.08. The number of hydrogen-bond acceptors (Lipinski definition) is 2. The van der Waals surface area contributed by atoms with Crippen LogP contribution < -0.4 is 5.32 Å². The van der Waals surface area contributed by atoms with Crippen molar-refractivity contribution >= 4 is 5.91 Å². The third-order valence-electron chi connectivity index (χ3n) is 3.04. The highest BCUT2D eigenvalue weighted by atomic mass is 16.1. The number of carbonyl (C=O) groups excluding carboxylic acids is 1. The molecule has 1 N–H and O–H groups in total. The second-order valence-electron chi connectivity index (χ2n) is 4.62. The summed E-state index contributed by atoms with van der Waals surface area (Å²) in [7, 11) is 0. The van der Waals surface area contributed by atoms with E-state index in [1.165, 1.54) is 5.56 Å². The van der Waals surface area contributed by atoms with Gasteiger partial charge >= 0.3 is 0 Å². The van der Waals surface area contributed by atoms with Crippen molar-refractivity contribution in [2.75, 3.05) is 6.54 Å². The number of nitrogens with zero attached hydrogens (tertiary/aromatic N) is 2. The molecule has 0 saturated heterocycles. The molecule has 1 heterocycles. The molecule has 1 atom stereocenters. The van der Waals surface area contributed by atoms with Crippen LogP contribution in [0.25, 0.3) is 0 Å². The average Bonchev–Trinajstić information content (AvgIpc) is 2.94. The summed E-state index contributed by atoms with van der Waals surface area (Å²) in [6.45, 7) is 2.67. The van der Waals surface area contributed by atoms with Crippen molar-refractivity contribution in [1.82, 2.24) is 15.1 Å². The summed E-state index contributed by atoms with van der Waals surface area (Å²) in [5, 5.41) is 7.08. The Labute approximate surface area is 113 Å². The molecular formula is C15H19N3O. The summed E-state index contributed by atoms with van der Waals surface area (Å²) < 4.78 is 1.80. The fourth-order valence-electron chi connectivity index (χ4n) is 1.97. The first-order valence-electron chi connectivity index (χ1n) is 6.55. The molecule has 0 unspecified atom stereocenters. The maximum Gasteiger partial charge on any atom is 0.222 e. The molecule has 0 fully saturated rings. The first-order valence-corrected chi connectivity index (χ1v) is 6.55. The lowest BCUT2D eigenvalue weighted by molar-refractivity contribution is -0.121. The second-order valence-corrected chi connectivity index (χ2v) is 4.62. The summed E-state index contributed by atoms with van der Waals surface area (Å²) in [6.07, 6.45) is 4.92. The molecule has 2 rings (SSSR count). The van der Waals surface area contributed by atoms with Gasteiger partial charge in [-0.15, -0.1) is 0 Å². The predicted molar refractivity (Wildman–Crippen MR) is 74.7 cm³/mol. The molecule has 4 nitrogen and oxygen atoms in total. The van der Waals surface area contributed by atoms with Crippen molar-refractivity contribution in [3.05, 3.63) is 54.4 Å². The Morgan fingerprint density at radius 3 is 2.79 bits per heavy atom. The van der Waals surface area contributed by atoms with Gasteiger partial charge in [0, 0.05) is 25.4 Å². The molecule has 1 aromatic heterocycles. The number of carbonyl (C=O) groups is 1. The van der Waals surface area contributed by atoms with E-state index in [1.54, 1.807) is 10.9 Å². The van der Waals surface area contributed by atoms with E-state index < -0.39 is 0 Å². The molecular weight excluding hydrogens is 238 g/mol. The zero-order chi connectivity index (χ0) is 13.5. The molecule has 4 heteroatoms. The van der Waals surface area contributed by atoms with E-state index in [9.17, 15) is 4.79 Å². The largest absolute Gasteiger partial charge is 0.356 e. The summed E-state index contributed by atoms with van der Waals surface area (Å²) in [5.74, 6) is 0.0685. The fourth-order valence-corrected chi connectivity index (χ4v) is 1.97. The number of amides is 1. The fraction of sp³-hybridized carbons (Fsp3) is 0.333. The van der Waals surface area contributed by atoms with Crippen molar-refractivity contribution in [3.63, 3.8) is 0 Å². The number of hydrogen-bond donors (Lipinski definition) is 1. The van der Waals surface area contributed by atoms with Gasteiger partial charge in [-0.3, -0.25) is 9.48 Å². The van der Waals surface area contributed by atoms with Crippen LogP contribution in [0.4, 0.5) is 0 Å². The number of benzene rings is 1. The molecule has 100 valence electrons. The van der Waals surface area contributed by atoms with Crippen LogP contribution in [0, 0.1) is 0 Å². The molecule has 0 aliphatic rings. The summed E-state index contributed by atoms with van der Waals surface area (Å²) in [6, 6.07) is 12.1. The molecule has 1 aromatic carbocycles. The third-order valence-corrected chi connectivity index (χ3v) is 3.04. The van der Waals surface area contributed by atoms with Crippen LogP contribution in [-0.4, -0.2) is 22.2 Å². The van der Waals surface area contributed by atoms with E-state index in [2.05, 4.69) is 22.5 Å². The summed E-state index contributed by atoms with van der Waals surface area (Å²) in [5.41, 5.74) is 1.24. The Kier molecular flexibility index (Phi) is 4.72. The lowest BCUT2D eigenvalue weighted by Crippen LogP contribution is -2.27. The Morgan fingerprint density at radius 1 is 1.32 bits per heavy atom. The smallest absolute Gasteiger partial charge is 0.222 e. The van der Waals surface area contributed by atoms with E-state index in [-0.39, 0.29) is 11.9 Å².